The van der Waals surface area contributed by atoms with Gasteiger partial charge in [-0.05, 0) is 56.3 Å². The summed E-state index contributed by atoms with van der Waals surface area (Å²) in [6.45, 7) is 3.84. The fraction of sp³-hybridized carbons (Fsp3) is 0.394. The van der Waals surface area contributed by atoms with Crippen LogP contribution in [-0.2, 0) is 14.3 Å². The Morgan fingerprint density at radius 3 is 2.74 bits per heavy atom. The summed E-state index contributed by atoms with van der Waals surface area (Å²) in [6.07, 6.45) is 7.64. The van der Waals surface area contributed by atoms with Gasteiger partial charge in [-0.2, -0.15) is 0 Å². The summed E-state index contributed by atoms with van der Waals surface area (Å²) in [5, 5.41) is 12.8. The summed E-state index contributed by atoms with van der Waals surface area (Å²) < 4.78 is 28.4. The Labute approximate surface area is 276 Å². The van der Waals surface area contributed by atoms with Gasteiger partial charge in [0.05, 0.1) is 35.7 Å². The van der Waals surface area contributed by atoms with Crippen LogP contribution in [0, 0.1) is 5.82 Å². The zero-order valence-corrected chi connectivity index (χ0v) is 27.2. The summed E-state index contributed by atoms with van der Waals surface area (Å²) in [6, 6.07) is 6.51. The van der Waals surface area contributed by atoms with Gasteiger partial charge in [-0.15, -0.1) is 0 Å². The van der Waals surface area contributed by atoms with Gasteiger partial charge in [0.25, 0.3) is 0 Å². The highest BCUT2D eigenvalue weighted by atomic mass is 35.5. The Hall–Kier alpha value is -4.46. The van der Waals surface area contributed by atoms with Crippen molar-refractivity contribution in [1.82, 2.24) is 19.8 Å². The number of methoxy groups -OCH3 is 1. The van der Waals surface area contributed by atoms with E-state index in [1.807, 2.05) is 17.0 Å². The summed E-state index contributed by atoms with van der Waals surface area (Å²) >= 11 is 6.24. The number of carboxylic acids is 1. The molecule has 0 spiro atoms. The monoisotopic (exact) mass is 668 g/mol. The molecule has 0 aliphatic carbocycles. The number of aromatic nitrogens is 2. The van der Waals surface area contributed by atoms with Crippen molar-refractivity contribution in [1.29, 1.82) is 0 Å². The number of aldehydes is 1. The van der Waals surface area contributed by atoms with Crippen LogP contribution in [-0.4, -0.2) is 104 Å². The Kier molecular flexibility index (Phi) is 10.8. The normalized spacial score (nSPS) is 17.4. The number of pyridine rings is 2. The van der Waals surface area contributed by atoms with Gasteiger partial charge in [0.2, 0.25) is 11.3 Å². The average molecular weight is 669 g/mol. The van der Waals surface area contributed by atoms with Crippen molar-refractivity contribution in [3.63, 3.8) is 0 Å². The SMILES string of the molecule is CN/C(OCC1CCCN1c1cc2c(cc1F)c(=O)c(C(=O)O)cn2-c1ccc(N2CC(N(C)CCOC)C2)nc1)=C(Cl)\C=C/C=O. The maximum atomic E-state index is 15.8. The van der Waals surface area contributed by atoms with Crippen LogP contribution in [0.3, 0.4) is 0 Å². The maximum Gasteiger partial charge on any atom is 0.341 e. The van der Waals surface area contributed by atoms with E-state index in [9.17, 15) is 19.5 Å². The number of fused-ring (bicyclic) bond motifs is 1. The number of carboxylic acid groups (broad SMARTS) is 1. The second kappa shape index (κ2) is 15.0. The molecular formula is C33H38ClFN6O6. The lowest BCUT2D eigenvalue weighted by molar-refractivity contribution is -0.104. The molecule has 47 heavy (non-hydrogen) atoms. The van der Waals surface area contributed by atoms with Crippen LogP contribution >= 0.6 is 11.6 Å². The predicted octanol–water partition coefficient (Wildman–Crippen LogP) is 3.36. The standard InChI is InChI=1S/C33H38ClFN6O6/c1-36-32(26(34)7-5-12-42)47-20-22-6-4-10-40(22)29-15-28-24(14-27(29)35)31(43)25(33(44)45)19-41(28)21-8-9-30(37-16-21)39-17-23(18-39)38(2)11-13-46-3/h5,7-9,12,14-16,19,22-23,36H,4,6,10-11,13,17-18,20H2,1-3H3,(H,44,45)/b7-5-,32-26-. The van der Waals surface area contributed by atoms with Crippen LogP contribution in [0.5, 0.6) is 0 Å². The quantitative estimate of drug-likeness (QED) is 0.114. The molecule has 2 fully saturated rings. The second-order valence-corrected chi connectivity index (χ2v) is 11.9. The fourth-order valence-electron chi connectivity index (χ4n) is 5.93. The number of ether oxygens (including phenoxy) is 2. The van der Waals surface area contributed by atoms with Gasteiger partial charge >= 0.3 is 5.97 Å². The van der Waals surface area contributed by atoms with Crippen molar-refractivity contribution in [3.8, 4) is 5.69 Å². The largest absolute Gasteiger partial charge is 0.477 e. The molecule has 0 bridgehead atoms. The number of rotatable bonds is 14. The van der Waals surface area contributed by atoms with Crippen LogP contribution < -0.4 is 20.5 Å². The molecule has 1 unspecified atom stereocenters. The first-order valence-electron chi connectivity index (χ1n) is 15.3. The van der Waals surface area contributed by atoms with Crippen LogP contribution in [0.1, 0.15) is 23.2 Å². The molecule has 2 N–H and O–H groups in total. The fourth-order valence-corrected chi connectivity index (χ4v) is 6.15. The van der Waals surface area contributed by atoms with E-state index >= 15 is 4.39 Å². The van der Waals surface area contributed by atoms with Crippen LogP contribution in [0.25, 0.3) is 16.6 Å². The third-order valence-electron chi connectivity index (χ3n) is 8.64. The summed E-state index contributed by atoms with van der Waals surface area (Å²) in [5.74, 6) is -1.01. The number of aromatic carboxylic acids is 1. The van der Waals surface area contributed by atoms with E-state index in [1.54, 1.807) is 31.0 Å². The van der Waals surface area contributed by atoms with Crippen molar-refractivity contribution in [2.75, 3.05) is 70.4 Å². The number of nitrogens with one attached hydrogen (secondary N) is 1. The van der Waals surface area contributed by atoms with Crippen molar-refractivity contribution in [3.05, 3.63) is 81.3 Å². The molecule has 5 rings (SSSR count). The van der Waals surface area contributed by atoms with Gasteiger partial charge < -0.3 is 34.3 Å². The van der Waals surface area contributed by atoms with Crippen molar-refractivity contribution >= 4 is 46.3 Å². The predicted molar refractivity (Wildman–Crippen MR) is 178 cm³/mol. The highest BCUT2D eigenvalue weighted by molar-refractivity contribution is 6.31. The lowest BCUT2D eigenvalue weighted by Crippen LogP contribution is -2.59. The molecule has 2 aliphatic heterocycles. The number of likely N-dealkylation sites (N-methyl/N-ethyl adjacent to an activating group) is 1. The number of hydrogen-bond acceptors (Lipinski definition) is 10. The van der Waals surface area contributed by atoms with E-state index < -0.39 is 22.8 Å². The number of benzene rings is 1. The molecule has 0 amide bonds. The first-order chi connectivity index (χ1) is 22.7. The summed E-state index contributed by atoms with van der Waals surface area (Å²) in [7, 11) is 5.38. The molecule has 2 saturated heterocycles. The molecule has 2 aromatic heterocycles. The number of anilines is 2. The molecule has 1 aromatic carbocycles. The Morgan fingerprint density at radius 1 is 1.30 bits per heavy atom. The van der Waals surface area contributed by atoms with Crippen molar-refractivity contribution in [2.24, 2.45) is 0 Å². The average Bonchev–Trinajstić information content (AvgIpc) is 3.51. The molecule has 250 valence electrons. The third-order valence-corrected chi connectivity index (χ3v) is 8.94. The maximum absolute atomic E-state index is 15.8. The molecule has 3 aromatic rings. The molecule has 12 nitrogen and oxygen atoms in total. The highest BCUT2D eigenvalue weighted by Crippen LogP contribution is 2.33. The Bertz CT molecular complexity index is 1740. The van der Waals surface area contributed by atoms with E-state index in [0.717, 1.165) is 37.9 Å². The number of carbonyl (C=O) groups excluding carboxylic acids is 1. The number of allylic oxidation sites excluding steroid dienone is 3. The van der Waals surface area contributed by atoms with E-state index in [-0.39, 0.29) is 34.6 Å². The van der Waals surface area contributed by atoms with Crippen LogP contribution in [0.4, 0.5) is 15.9 Å². The van der Waals surface area contributed by atoms with E-state index in [4.69, 9.17) is 21.1 Å². The topological polar surface area (TPSA) is 129 Å². The molecule has 14 heteroatoms. The molecule has 2 aliphatic rings. The first-order valence-corrected chi connectivity index (χ1v) is 15.7. The minimum absolute atomic E-state index is 0.0546. The zero-order chi connectivity index (χ0) is 33.7. The molecule has 0 radical (unpaired) electrons. The van der Waals surface area contributed by atoms with Gasteiger partial charge in [-0.1, -0.05) is 11.6 Å². The third kappa shape index (κ3) is 7.27. The minimum Gasteiger partial charge on any atom is -0.477 e. The van der Waals surface area contributed by atoms with Gasteiger partial charge in [-0.25, -0.2) is 14.2 Å². The minimum atomic E-state index is -1.41. The van der Waals surface area contributed by atoms with E-state index in [2.05, 4.69) is 27.1 Å². The Balaban J connectivity index is 1.45. The number of nitrogens with zero attached hydrogens (tertiary/aromatic N) is 5. The number of halogens is 2. The molecule has 0 saturated carbocycles. The molecule has 1 atom stereocenters. The first kappa shape index (κ1) is 33.9. The molecular weight excluding hydrogens is 631 g/mol. The summed E-state index contributed by atoms with van der Waals surface area (Å²) in [5.41, 5.74) is -0.116. The smallest absolute Gasteiger partial charge is 0.341 e. The van der Waals surface area contributed by atoms with E-state index in [1.165, 1.54) is 18.3 Å². The molecule has 4 heterocycles. The lowest BCUT2D eigenvalue weighted by Gasteiger charge is -2.44. The van der Waals surface area contributed by atoms with Gasteiger partial charge in [-0.3, -0.25) is 14.5 Å². The summed E-state index contributed by atoms with van der Waals surface area (Å²) in [4.78, 5) is 46.9. The van der Waals surface area contributed by atoms with Crippen molar-refractivity contribution < 1.29 is 28.6 Å². The van der Waals surface area contributed by atoms with Crippen LogP contribution in [0.15, 0.2) is 64.5 Å². The van der Waals surface area contributed by atoms with E-state index in [0.29, 0.717) is 43.1 Å². The lowest BCUT2D eigenvalue weighted by atomic mass is 10.1. The van der Waals surface area contributed by atoms with Gasteiger partial charge in [0, 0.05) is 58.0 Å². The van der Waals surface area contributed by atoms with Gasteiger partial charge in [0.1, 0.15) is 35.1 Å². The van der Waals surface area contributed by atoms with Crippen molar-refractivity contribution in [2.45, 2.75) is 24.9 Å². The highest BCUT2D eigenvalue weighted by Gasteiger charge is 2.31. The Morgan fingerprint density at radius 2 is 2.09 bits per heavy atom. The number of hydrogen-bond donors (Lipinski definition) is 2. The van der Waals surface area contributed by atoms with Crippen LogP contribution in [0.2, 0.25) is 0 Å². The zero-order valence-electron chi connectivity index (χ0n) is 26.5. The number of carbonyl (C=O) groups is 2. The van der Waals surface area contributed by atoms with Gasteiger partial charge in [0.15, 0.2) is 0 Å². The second-order valence-electron chi connectivity index (χ2n) is 11.5.